The van der Waals surface area contributed by atoms with E-state index >= 15 is 0 Å². The van der Waals surface area contributed by atoms with E-state index in [0.717, 1.165) is 23.1 Å². The number of hydrogen-bond donors (Lipinski definition) is 2. The fraction of sp³-hybridized carbons (Fsp3) is 0.357. The molecule has 1 heterocycles. The highest BCUT2D eigenvalue weighted by atomic mass is 35.5. The second kappa shape index (κ2) is 4.95. The Morgan fingerprint density at radius 2 is 2.10 bits per heavy atom. The fourth-order valence-corrected chi connectivity index (χ4v) is 3.58. The Bertz CT molecular complexity index is 709. The normalized spacial score (nSPS) is 18.2. The summed E-state index contributed by atoms with van der Waals surface area (Å²) in [6.45, 7) is 0.126. The van der Waals surface area contributed by atoms with Crippen molar-refractivity contribution >= 4 is 40.1 Å². The molecule has 0 aliphatic heterocycles. The highest BCUT2D eigenvalue weighted by Crippen LogP contribution is 2.40. The second-order valence-electron chi connectivity index (χ2n) is 5.14. The molecule has 106 valence electrons. The van der Waals surface area contributed by atoms with Gasteiger partial charge in [0.1, 0.15) is 0 Å². The summed E-state index contributed by atoms with van der Waals surface area (Å²) in [5.41, 5.74) is 7.94. The predicted octanol–water partition coefficient (Wildman–Crippen LogP) is 2.97. The molecule has 0 radical (unpaired) electrons. The van der Waals surface area contributed by atoms with Crippen molar-refractivity contribution in [3.05, 3.63) is 33.4 Å². The smallest absolute Gasteiger partial charge is 0.323 e. The van der Waals surface area contributed by atoms with Gasteiger partial charge >= 0.3 is 6.03 Å². The van der Waals surface area contributed by atoms with Crippen molar-refractivity contribution in [2.75, 3.05) is 6.61 Å². The van der Waals surface area contributed by atoms with Crippen LogP contribution in [-0.2, 0) is 12.8 Å². The van der Waals surface area contributed by atoms with Gasteiger partial charge in [-0.25, -0.2) is 4.79 Å². The molecular weight excluding hydrogens is 299 g/mol. The number of halogens is 2. The summed E-state index contributed by atoms with van der Waals surface area (Å²) in [6, 6.07) is 2.84. The first-order valence-electron chi connectivity index (χ1n) is 6.45. The Morgan fingerprint density at radius 1 is 1.40 bits per heavy atom. The van der Waals surface area contributed by atoms with E-state index in [-0.39, 0.29) is 12.5 Å². The van der Waals surface area contributed by atoms with E-state index in [0.29, 0.717) is 28.4 Å². The standard InChI is InChI=1S/C14H14Cl2N2O2/c15-9-2-3-10(16)13-12(9)8-5-7(6-19)1-4-11(8)18(13)14(17)20/h2-3,7,19H,1,4-6H2,(H2,17,20). The van der Waals surface area contributed by atoms with E-state index in [2.05, 4.69) is 0 Å². The van der Waals surface area contributed by atoms with Crippen molar-refractivity contribution in [3.8, 4) is 0 Å². The molecule has 0 saturated carbocycles. The molecule has 1 unspecified atom stereocenters. The van der Waals surface area contributed by atoms with E-state index in [1.54, 1.807) is 12.1 Å². The number of aromatic nitrogens is 1. The number of aliphatic hydroxyl groups excluding tert-OH is 1. The first kappa shape index (κ1) is 13.7. The first-order chi connectivity index (χ1) is 9.54. The van der Waals surface area contributed by atoms with Crippen LogP contribution in [0.5, 0.6) is 0 Å². The topological polar surface area (TPSA) is 68.2 Å². The zero-order valence-corrected chi connectivity index (χ0v) is 12.2. The maximum absolute atomic E-state index is 11.8. The molecule has 1 aromatic carbocycles. The molecule has 2 aromatic rings. The van der Waals surface area contributed by atoms with Crippen LogP contribution >= 0.6 is 23.2 Å². The molecule has 20 heavy (non-hydrogen) atoms. The van der Waals surface area contributed by atoms with Crippen LogP contribution in [0.2, 0.25) is 10.0 Å². The third-order valence-electron chi connectivity index (χ3n) is 3.98. The summed E-state index contributed by atoms with van der Waals surface area (Å²) in [4.78, 5) is 11.8. The van der Waals surface area contributed by atoms with Gasteiger partial charge in [0.05, 0.1) is 15.6 Å². The number of nitrogens with two attached hydrogens (primary N) is 1. The van der Waals surface area contributed by atoms with Gasteiger partial charge in [-0.2, -0.15) is 0 Å². The summed E-state index contributed by atoms with van der Waals surface area (Å²) in [5.74, 6) is 0.185. The van der Waals surface area contributed by atoms with Gasteiger partial charge in [0.2, 0.25) is 0 Å². The van der Waals surface area contributed by atoms with Gasteiger partial charge < -0.3 is 10.8 Å². The quantitative estimate of drug-likeness (QED) is 0.850. The molecule has 3 rings (SSSR count). The maximum atomic E-state index is 11.8. The Labute approximate surface area is 126 Å². The van der Waals surface area contributed by atoms with Gasteiger partial charge in [-0.15, -0.1) is 0 Å². The van der Waals surface area contributed by atoms with Crippen LogP contribution in [0.25, 0.3) is 10.9 Å². The van der Waals surface area contributed by atoms with E-state index in [1.807, 2.05) is 0 Å². The zero-order valence-electron chi connectivity index (χ0n) is 10.7. The SMILES string of the molecule is NC(=O)n1c2c(c3c(Cl)ccc(Cl)c31)CC(CO)CC2. The number of fused-ring (bicyclic) bond motifs is 3. The molecule has 4 nitrogen and oxygen atoms in total. The highest BCUT2D eigenvalue weighted by Gasteiger charge is 2.28. The predicted molar refractivity (Wildman–Crippen MR) is 79.5 cm³/mol. The van der Waals surface area contributed by atoms with Gasteiger partial charge in [-0.1, -0.05) is 23.2 Å². The zero-order chi connectivity index (χ0) is 14.4. The minimum Gasteiger partial charge on any atom is -0.396 e. The number of primary amides is 1. The number of nitrogens with zero attached hydrogens (tertiary/aromatic N) is 1. The lowest BCUT2D eigenvalue weighted by Gasteiger charge is -2.21. The molecule has 1 aliphatic rings. The van der Waals surface area contributed by atoms with E-state index in [9.17, 15) is 9.90 Å². The second-order valence-corrected chi connectivity index (χ2v) is 5.96. The molecule has 6 heteroatoms. The average molecular weight is 313 g/mol. The lowest BCUT2D eigenvalue weighted by molar-refractivity contribution is 0.212. The summed E-state index contributed by atoms with van der Waals surface area (Å²) in [5, 5.41) is 11.2. The Hall–Kier alpha value is -1.23. The van der Waals surface area contributed by atoms with Crippen LogP contribution < -0.4 is 5.73 Å². The van der Waals surface area contributed by atoms with Crippen LogP contribution in [0.3, 0.4) is 0 Å². The minimum atomic E-state index is -0.553. The average Bonchev–Trinajstić information content (AvgIpc) is 2.78. The highest BCUT2D eigenvalue weighted by molar-refractivity contribution is 6.40. The van der Waals surface area contributed by atoms with Gasteiger partial charge in [-0.05, 0) is 42.9 Å². The van der Waals surface area contributed by atoms with Gasteiger partial charge in [-0.3, -0.25) is 4.57 Å². The van der Waals surface area contributed by atoms with Crippen molar-refractivity contribution in [2.45, 2.75) is 19.3 Å². The number of amides is 1. The lowest BCUT2D eigenvalue weighted by Crippen LogP contribution is -2.25. The molecule has 1 amide bonds. The Balaban J connectivity index is 2.38. The molecule has 1 aromatic heterocycles. The minimum absolute atomic E-state index is 0.126. The van der Waals surface area contributed by atoms with E-state index in [4.69, 9.17) is 28.9 Å². The molecule has 1 atom stereocenters. The van der Waals surface area contributed by atoms with Crippen molar-refractivity contribution in [3.63, 3.8) is 0 Å². The van der Waals surface area contributed by atoms with Crippen LogP contribution in [0.1, 0.15) is 17.7 Å². The van der Waals surface area contributed by atoms with Crippen molar-refractivity contribution < 1.29 is 9.90 Å². The number of benzene rings is 1. The summed E-state index contributed by atoms with van der Waals surface area (Å²) in [6.07, 6.45) is 2.19. The van der Waals surface area contributed by atoms with Crippen LogP contribution in [0.15, 0.2) is 12.1 Å². The van der Waals surface area contributed by atoms with Crippen LogP contribution in [-0.4, -0.2) is 22.3 Å². The molecule has 3 N–H and O–H groups in total. The Kier molecular flexibility index (Phi) is 3.40. The molecular formula is C14H14Cl2N2O2. The van der Waals surface area contributed by atoms with E-state index in [1.165, 1.54) is 4.57 Å². The molecule has 1 aliphatic carbocycles. The largest absolute Gasteiger partial charge is 0.396 e. The van der Waals surface area contributed by atoms with Crippen LogP contribution in [0.4, 0.5) is 4.79 Å². The van der Waals surface area contributed by atoms with Gasteiger partial charge in [0.15, 0.2) is 0 Å². The third-order valence-corrected chi connectivity index (χ3v) is 4.60. The lowest BCUT2D eigenvalue weighted by atomic mass is 9.87. The number of hydrogen-bond acceptors (Lipinski definition) is 2. The molecule has 0 spiro atoms. The van der Waals surface area contributed by atoms with Crippen molar-refractivity contribution in [1.29, 1.82) is 0 Å². The summed E-state index contributed by atoms with van der Waals surface area (Å²) < 4.78 is 1.46. The van der Waals surface area contributed by atoms with E-state index < -0.39 is 6.03 Å². The number of carbonyl (C=O) groups is 1. The molecule has 0 bridgehead atoms. The Morgan fingerprint density at radius 3 is 2.75 bits per heavy atom. The third kappa shape index (κ3) is 1.91. The van der Waals surface area contributed by atoms with Gasteiger partial charge in [0, 0.05) is 17.7 Å². The van der Waals surface area contributed by atoms with Crippen molar-refractivity contribution in [2.24, 2.45) is 11.7 Å². The molecule has 0 fully saturated rings. The summed E-state index contributed by atoms with van der Waals surface area (Å²) >= 11 is 12.5. The van der Waals surface area contributed by atoms with Gasteiger partial charge in [0.25, 0.3) is 0 Å². The number of aliphatic hydroxyl groups is 1. The number of carbonyl (C=O) groups excluding carboxylic acids is 1. The first-order valence-corrected chi connectivity index (χ1v) is 7.21. The van der Waals surface area contributed by atoms with Crippen molar-refractivity contribution in [1.82, 2.24) is 4.57 Å². The molecule has 0 saturated heterocycles. The number of rotatable bonds is 1. The van der Waals surface area contributed by atoms with Crippen LogP contribution in [0, 0.1) is 5.92 Å². The fourth-order valence-electron chi connectivity index (χ4n) is 3.07. The maximum Gasteiger partial charge on any atom is 0.323 e. The summed E-state index contributed by atoms with van der Waals surface area (Å²) in [7, 11) is 0. The monoisotopic (exact) mass is 312 g/mol.